The Balaban J connectivity index is 1.68. The molecule has 0 unspecified atom stereocenters. The molecule has 1 atom stereocenters. The maximum Gasteiger partial charge on any atom is 0.258 e. The molecule has 1 amide bonds. The smallest absolute Gasteiger partial charge is 0.258 e. The number of nitrogens with zero attached hydrogens (tertiary/aromatic N) is 4. The highest BCUT2D eigenvalue weighted by molar-refractivity contribution is 5.80. The van der Waals surface area contributed by atoms with Crippen molar-refractivity contribution < 1.29 is 14.1 Å². The van der Waals surface area contributed by atoms with Crippen LogP contribution in [0.25, 0.3) is 0 Å². The van der Waals surface area contributed by atoms with E-state index in [4.69, 9.17) is 9.26 Å². The van der Waals surface area contributed by atoms with Gasteiger partial charge in [-0.05, 0) is 25.3 Å². The van der Waals surface area contributed by atoms with Crippen LogP contribution >= 0.6 is 0 Å². The highest BCUT2D eigenvalue weighted by Crippen LogP contribution is 2.36. The fraction of sp³-hybridized carbons (Fsp3) is 0.550. The number of carbonyl (C=O) groups is 1. The van der Waals surface area contributed by atoms with Crippen molar-refractivity contribution in [1.29, 1.82) is 0 Å². The van der Waals surface area contributed by atoms with Crippen molar-refractivity contribution in [3.05, 3.63) is 47.6 Å². The summed E-state index contributed by atoms with van der Waals surface area (Å²) >= 11 is 0. The van der Waals surface area contributed by atoms with Gasteiger partial charge in [-0.3, -0.25) is 9.69 Å². The molecule has 1 fully saturated rings. The molecule has 2 heterocycles. The van der Waals surface area contributed by atoms with Crippen molar-refractivity contribution in [2.75, 3.05) is 34.3 Å². The average Bonchev–Trinajstić information content (AvgIpc) is 3.16. The lowest BCUT2D eigenvalue weighted by molar-refractivity contribution is -0.137. The zero-order valence-corrected chi connectivity index (χ0v) is 16.5. The van der Waals surface area contributed by atoms with Crippen LogP contribution in [0.4, 0.5) is 0 Å². The Kier molecular flexibility index (Phi) is 5.92. The van der Waals surface area contributed by atoms with Crippen LogP contribution in [0.2, 0.25) is 0 Å². The predicted octanol–water partition coefficient (Wildman–Crippen LogP) is 2.07. The van der Waals surface area contributed by atoms with Gasteiger partial charge < -0.3 is 14.2 Å². The van der Waals surface area contributed by atoms with Gasteiger partial charge in [0.05, 0.1) is 6.04 Å². The number of amides is 1. The summed E-state index contributed by atoms with van der Waals surface area (Å²) in [6, 6.07) is 9.93. The Morgan fingerprint density at radius 2 is 1.96 bits per heavy atom. The number of ether oxygens (including phenoxy) is 1. The number of carbonyl (C=O) groups excluding carboxylic acids is 1. The van der Waals surface area contributed by atoms with Crippen molar-refractivity contribution in [2.24, 2.45) is 0 Å². The van der Waals surface area contributed by atoms with E-state index in [9.17, 15) is 4.79 Å². The summed E-state index contributed by atoms with van der Waals surface area (Å²) in [6.07, 6.45) is 2.05. The monoisotopic (exact) mass is 372 g/mol. The third-order valence-electron chi connectivity index (χ3n) is 5.41. The topological polar surface area (TPSA) is 71.7 Å². The van der Waals surface area contributed by atoms with Crippen molar-refractivity contribution in [3.8, 4) is 0 Å². The molecule has 1 aliphatic heterocycles. The lowest BCUT2D eigenvalue weighted by atomic mass is 9.90. The molecule has 0 spiro atoms. The number of hydrogen-bond acceptors (Lipinski definition) is 6. The first-order chi connectivity index (χ1) is 12.9. The predicted molar refractivity (Wildman–Crippen MR) is 101 cm³/mol. The Morgan fingerprint density at radius 3 is 2.56 bits per heavy atom. The Bertz CT molecular complexity index is 752. The van der Waals surface area contributed by atoms with E-state index in [-0.39, 0.29) is 11.9 Å². The van der Waals surface area contributed by atoms with Gasteiger partial charge in [0, 0.05) is 40.7 Å². The van der Waals surface area contributed by atoms with Gasteiger partial charge >= 0.3 is 0 Å². The van der Waals surface area contributed by atoms with E-state index in [0.717, 1.165) is 18.7 Å². The van der Waals surface area contributed by atoms with Crippen LogP contribution in [-0.4, -0.2) is 66.2 Å². The van der Waals surface area contributed by atoms with E-state index in [1.165, 1.54) is 0 Å². The summed E-state index contributed by atoms with van der Waals surface area (Å²) in [7, 11) is 5.26. The maximum absolute atomic E-state index is 12.2. The Labute approximate surface area is 160 Å². The number of piperidine rings is 1. The zero-order chi connectivity index (χ0) is 19.4. The molecule has 7 nitrogen and oxygen atoms in total. The van der Waals surface area contributed by atoms with E-state index in [1.54, 1.807) is 26.1 Å². The summed E-state index contributed by atoms with van der Waals surface area (Å²) in [5.74, 6) is 1.30. The van der Waals surface area contributed by atoms with Gasteiger partial charge in [-0.25, -0.2) is 0 Å². The molecule has 146 valence electrons. The molecule has 1 aliphatic rings. The first-order valence-electron chi connectivity index (χ1n) is 9.32. The number of methoxy groups -OCH3 is 1. The van der Waals surface area contributed by atoms with Gasteiger partial charge in [0.1, 0.15) is 5.60 Å². The number of aromatic nitrogens is 2. The highest BCUT2D eigenvalue weighted by atomic mass is 16.5. The second kappa shape index (κ2) is 8.19. The van der Waals surface area contributed by atoms with Crippen LogP contribution < -0.4 is 0 Å². The van der Waals surface area contributed by atoms with Crippen LogP contribution in [-0.2, 0) is 21.6 Å². The molecular formula is C20H28N4O3. The van der Waals surface area contributed by atoms with Crippen LogP contribution in [0.1, 0.15) is 37.0 Å². The van der Waals surface area contributed by atoms with Crippen molar-refractivity contribution in [3.63, 3.8) is 0 Å². The minimum atomic E-state index is -0.584. The summed E-state index contributed by atoms with van der Waals surface area (Å²) < 4.78 is 11.4. The van der Waals surface area contributed by atoms with Gasteiger partial charge in [-0.15, -0.1) is 0 Å². The molecule has 7 heteroatoms. The average molecular weight is 372 g/mol. The highest BCUT2D eigenvalue weighted by Gasteiger charge is 2.43. The molecule has 0 aliphatic carbocycles. The van der Waals surface area contributed by atoms with Gasteiger partial charge in [0.25, 0.3) is 5.89 Å². The number of likely N-dealkylation sites (tertiary alicyclic amines) is 1. The van der Waals surface area contributed by atoms with E-state index in [2.05, 4.69) is 15.0 Å². The van der Waals surface area contributed by atoms with Crippen LogP contribution in [0.3, 0.4) is 0 Å². The third kappa shape index (κ3) is 4.20. The molecule has 3 rings (SSSR count). The van der Waals surface area contributed by atoms with Crippen molar-refractivity contribution >= 4 is 5.91 Å². The fourth-order valence-electron chi connectivity index (χ4n) is 3.60. The lowest BCUT2D eigenvalue weighted by Crippen LogP contribution is -2.51. The fourth-order valence-corrected chi connectivity index (χ4v) is 3.60. The molecule has 0 bridgehead atoms. The molecule has 1 saturated heterocycles. The number of likely N-dealkylation sites (N-methyl/N-ethyl adjacent to an activating group) is 1. The molecule has 0 radical (unpaired) electrons. The van der Waals surface area contributed by atoms with E-state index >= 15 is 0 Å². The largest absolute Gasteiger partial charge is 0.368 e. The van der Waals surface area contributed by atoms with Gasteiger partial charge in [0.2, 0.25) is 5.91 Å². The molecule has 0 N–H and O–H groups in total. The standard InChI is InChI=1S/C20H28N4O3/c1-15(18(25)23(2)3)24-12-10-20(26-4,11-13-24)19-21-17(22-27-19)14-16-8-6-5-7-9-16/h5-9,15H,10-14H2,1-4H3/t15-/m1/s1. The summed E-state index contributed by atoms with van der Waals surface area (Å²) in [4.78, 5) is 20.7. The summed E-state index contributed by atoms with van der Waals surface area (Å²) in [5, 5.41) is 4.14. The quantitative estimate of drug-likeness (QED) is 0.773. The second-order valence-corrected chi connectivity index (χ2v) is 7.32. The van der Waals surface area contributed by atoms with Crippen LogP contribution in [0.15, 0.2) is 34.9 Å². The lowest BCUT2D eigenvalue weighted by Gasteiger charge is -2.40. The van der Waals surface area contributed by atoms with Crippen molar-refractivity contribution in [1.82, 2.24) is 19.9 Å². The molecule has 2 aromatic rings. The number of rotatable bonds is 6. The van der Waals surface area contributed by atoms with Crippen molar-refractivity contribution in [2.45, 2.75) is 37.8 Å². The zero-order valence-electron chi connectivity index (χ0n) is 16.5. The molecule has 0 saturated carbocycles. The number of hydrogen-bond donors (Lipinski definition) is 0. The third-order valence-corrected chi connectivity index (χ3v) is 5.41. The number of benzene rings is 1. The Morgan fingerprint density at radius 1 is 1.30 bits per heavy atom. The maximum atomic E-state index is 12.2. The molecule has 1 aromatic heterocycles. The molecular weight excluding hydrogens is 344 g/mol. The first kappa shape index (κ1) is 19.5. The van der Waals surface area contributed by atoms with Gasteiger partial charge in [0.15, 0.2) is 5.82 Å². The van der Waals surface area contributed by atoms with E-state index < -0.39 is 5.60 Å². The van der Waals surface area contributed by atoms with Gasteiger partial charge in [-0.1, -0.05) is 35.5 Å². The summed E-state index contributed by atoms with van der Waals surface area (Å²) in [6.45, 7) is 3.43. The minimum Gasteiger partial charge on any atom is -0.368 e. The van der Waals surface area contributed by atoms with Crippen LogP contribution in [0.5, 0.6) is 0 Å². The summed E-state index contributed by atoms with van der Waals surface area (Å²) in [5.41, 5.74) is 0.557. The Hall–Kier alpha value is -2.25. The molecule has 1 aromatic carbocycles. The molecule has 27 heavy (non-hydrogen) atoms. The normalized spacial score (nSPS) is 18.2. The minimum absolute atomic E-state index is 0.114. The van der Waals surface area contributed by atoms with E-state index in [1.807, 2.05) is 37.3 Å². The second-order valence-electron chi connectivity index (χ2n) is 7.32. The SMILES string of the molecule is COC1(c2nc(Cc3ccccc3)no2)CCN([C@H](C)C(=O)N(C)C)CC1. The van der Waals surface area contributed by atoms with Crippen LogP contribution in [0, 0.1) is 0 Å². The van der Waals surface area contributed by atoms with Gasteiger partial charge in [-0.2, -0.15) is 4.98 Å². The first-order valence-corrected chi connectivity index (χ1v) is 9.32. The van der Waals surface area contributed by atoms with E-state index in [0.29, 0.717) is 31.0 Å².